The molecule has 4 heteroatoms. The highest BCUT2D eigenvalue weighted by Gasteiger charge is 2.29. The molecule has 0 bridgehead atoms. The van der Waals surface area contributed by atoms with Crippen molar-refractivity contribution < 1.29 is 14.6 Å². The number of carbonyl (C=O) groups excluding carboxylic acids is 1. The Labute approximate surface area is 131 Å². The third-order valence-corrected chi connectivity index (χ3v) is 4.33. The van der Waals surface area contributed by atoms with Gasteiger partial charge in [-0.15, -0.1) is 0 Å². The molecule has 3 rings (SSSR count). The van der Waals surface area contributed by atoms with Crippen molar-refractivity contribution >= 4 is 5.78 Å². The molecule has 1 heterocycles. The standard InChI is InChI=1S/C18H25NO3/c1-18(2,21)8-7-16(20)15-9-17(22-11-12-3-4-12)14(10-19-15)13-5-6-13/h9-10,12-13,21H,3-8,11H2,1-2H3. The van der Waals surface area contributed by atoms with E-state index in [-0.39, 0.29) is 5.78 Å². The van der Waals surface area contributed by atoms with E-state index in [9.17, 15) is 9.90 Å². The second-order valence-corrected chi connectivity index (χ2v) is 7.37. The van der Waals surface area contributed by atoms with E-state index in [0.717, 1.165) is 17.9 Å². The minimum atomic E-state index is -0.824. The maximum absolute atomic E-state index is 12.3. The van der Waals surface area contributed by atoms with Crippen LogP contribution in [0.25, 0.3) is 0 Å². The number of carbonyl (C=O) groups is 1. The Morgan fingerprint density at radius 1 is 1.36 bits per heavy atom. The van der Waals surface area contributed by atoms with E-state index < -0.39 is 5.60 Å². The second-order valence-electron chi connectivity index (χ2n) is 7.37. The van der Waals surface area contributed by atoms with Gasteiger partial charge in [-0.2, -0.15) is 0 Å². The molecule has 2 aliphatic rings. The lowest BCUT2D eigenvalue weighted by Gasteiger charge is -2.16. The lowest BCUT2D eigenvalue weighted by Crippen LogP contribution is -2.20. The highest BCUT2D eigenvalue weighted by atomic mass is 16.5. The molecule has 2 fully saturated rings. The smallest absolute Gasteiger partial charge is 0.181 e. The van der Waals surface area contributed by atoms with Crippen LogP contribution in [0.4, 0.5) is 0 Å². The molecule has 0 aliphatic heterocycles. The van der Waals surface area contributed by atoms with Crippen LogP contribution in [0.2, 0.25) is 0 Å². The Bertz CT molecular complexity index is 554. The zero-order chi connectivity index (χ0) is 15.7. The first kappa shape index (κ1) is 15.5. The molecule has 0 radical (unpaired) electrons. The van der Waals surface area contributed by atoms with E-state index in [1.165, 1.54) is 25.7 Å². The van der Waals surface area contributed by atoms with Gasteiger partial charge in [-0.1, -0.05) is 0 Å². The number of nitrogens with zero attached hydrogens (tertiary/aromatic N) is 1. The first-order chi connectivity index (χ1) is 10.4. The molecule has 0 amide bonds. The van der Waals surface area contributed by atoms with E-state index in [0.29, 0.717) is 30.4 Å². The Kier molecular flexibility index (Phi) is 4.22. The number of hydrogen-bond donors (Lipinski definition) is 1. The number of hydrogen-bond acceptors (Lipinski definition) is 4. The van der Waals surface area contributed by atoms with Gasteiger partial charge in [-0.3, -0.25) is 9.78 Å². The van der Waals surface area contributed by atoms with Crippen molar-refractivity contribution in [1.82, 2.24) is 4.98 Å². The van der Waals surface area contributed by atoms with Crippen LogP contribution in [0.5, 0.6) is 5.75 Å². The molecule has 0 spiro atoms. The third kappa shape index (κ3) is 4.29. The molecule has 1 aromatic heterocycles. The molecule has 0 unspecified atom stereocenters. The Morgan fingerprint density at radius 2 is 2.09 bits per heavy atom. The van der Waals surface area contributed by atoms with Gasteiger partial charge in [-0.25, -0.2) is 0 Å². The third-order valence-electron chi connectivity index (χ3n) is 4.33. The van der Waals surface area contributed by atoms with Crippen molar-refractivity contribution in [2.75, 3.05) is 6.61 Å². The van der Waals surface area contributed by atoms with Crippen LogP contribution in [-0.2, 0) is 0 Å². The zero-order valence-electron chi connectivity index (χ0n) is 13.5. The number of ketones is 1. The average molecular weight is 303 g/mol. The maximum atomic E-state index is 12.3. The van der Waals surface area contributed by atoms with Gasteiger partial charge < -0.3 is 9.84 Å². The van der Waals surface area contributed by atoms with Crippen LogP contribution in [0, 0.1) is 5.92 Å². The molecular weight excluding hydrogens is 278 g/mol. The summed E-state index contributed by atoms with van der Waals surface area (Å²) < 4.78 is 5.96. The summed E-state index contributed by atoms with van der Waals surface area (Å²) in [4.78, 5) is 16.6. The van der Waals surface area contributed by atoms with Gasteiger partial charge in [-0.05, 0) is 57.8 Å². The molecule has 4 nitrogen and oxygen atoms in total. The summed E-state index contributed by atoms with van der Waals surface area (Å²) in [6, 6.07) is 1.81. The van der Waals surface area contributed by atoms with E-state index in [2.05, 4.69) is 4.98 Å². The lowest BCUT2D eigenvalue weighted by molar-refractivity contribution is 0.0631. The van der Waals surface area contributed by atoms with Gasteiger partial charge in [0.25, 0.3) is 0 Å². The summed E-state index contributed by atoms with van der Waals surface area (Å²) in [6.45, 7) is 4.18. The summed E-state index contributed by atoms with van der Waals surface area (Å²) >= 11 is 0. The van der Waals surface area contributed by atoms with Gasteiger partial charge in [0, 0.05) is 24.2 Å². The number of aliphatic hydroxyl groups is 1. The fourth-order valence-electron chi connectivity index (χ4n) is 2.47. The quantitative estimate of drug-likeness (QED) is 0.747. The first-order valence-electron chi connectivity index (χ1n) is 8.31. The normalized spacial score (nSPS) is 18.3. The van der Waals surface area contributed by atoms with Gasteiger partial charge in [0.05, 0.1) is 12.2 Å². The van der Waals surface area contributed by atoms with Crippen molar-refractivity contribution in [2.24, 2.45) is 5.92 Å². The fourth-order valence-corrected chi connectivity index (χ4v) is 2.47. The summed E-state index contributed by atoms with van der Waals surface area (Å²) in [6.07, 6.45) is 7.44. The molecule has 2 saturated carbocycles. The van der Waals surface area contributed by atoms with Crippen molar-refractivity contribution in [2.45, 2.75) is 63.9 Å². The number of Topliss-reactive ketones (excluding diaryl/α,β-unsaturated/α-hetero) is 1. The predicted octanol–water partition coefficient (Wildman–Crippen LogP) is 3.48. The topological polar surface area (TPSA) is 59.4 Å². The van der Waals surface area contributed by atoms with Crippen LogP contribution in [0.15, 0.2) is 12.3 Å². The van der Waals surface area contributed by atoms with Crippen molar-refractivity contribution in [3.05, 3.63) is 23.5 Å². The minimum Gasteiger partial charge on any atom is -0.493 e. The zero-order valence-corrected chi connectivity index (χ0v) is 13.5. The summed E-state index contributed by atoms with van der Waals surface area (Å²) in [5, 5.41) is 9.75. The molecule has 2 aliphatic carbocycles. The SMILES string of the molecule is CC(C)(O)CCC(=O)c1cc(OCC2CC2)c(C2CC2)cn1. The van der Waals surface area contributed by atoms with Gasteiger partial charge in [0.1, 0.15) is 11.4 Å². The minimum absolute atomic E-state index is 0.0271. The Balaban J connectivity index is 1.70. The van der Waals surface area contributed by atoms with Gasteiger partial charge >= 0.3 is 0 Å². The molecule has 1 aromatic rings. The van der Waals surface area contributed by atoms with E-state index in [1.54, 1.807) is 13.8 Å². The highest BCUT2D eigenvalue weighted by Crippen LogP contribution is 2.44. The number of rotatable bonds is 8. The highest BCUT2D eigenvalue weighted by molar-refractivity contribution is 5.94. The van der Waals surface area contributed by atoms with E-state index >= 15 is 0 Å². The van der Waals surface area contributed by atoms with Gasteiger partial charge in [0.15, 0.2) is 5.78 Å². The van der Waals surface area contributed by atoms with Crippen molar-refractivity contribution in [3.8, 4) is 5.75 Å². The Hall–Kier alpha value is -1.42. The molecule has 1 N–H and O–H groups in total. The van der Waals surface area contributed by atoms with Crippen LogP contribution >= 0.6 is 0 Å². The summed E-state index contributed by atoms with van der Waals surface area (Å²) in [5.41, 5.74) is 0.786. The number of aromatic nitrogens is 1. The van der Waals surface area contributed by atoms with E-state index in [1.807, 2.05) is 12.3 Å². The average Bonchev–Trinajstić information content (AvgIpc) is 3.35. The number of pyridine rings is 1. The molecule has 0 saturated heterocycles. The van der Waals surface area contributed by atoms with Gasteiger partial charge in [0.2, 0.25) is 0 Å². The fraction of sp³-hybridized carbons (Fsp3) is 0.667. The molecule has 0 aromatic carbocycles. The first-order valence-corrected chi connectivity index (χ1v) is 8.31. The van der Waals surface area contributed by atoms with Crippen LogP contribution in [0.3, 0.4) is 0 Å². The van der Waals surface area contributed by atoms with Crippen LogP contribution in [0.1, 0.15) is 74.3 Å². The summed E-state index contributed by atoms with van der Waals surface area (Å²) in [7, 11) is 0. The van der Waals surface area contributed by atoms with E-state index in [4.69, 9.17) is 4.74 Å². The van der Waals surface area contributed by atoms with Crippen molar-refractivity contribution in [1.29, 1.82) is 0 Å². The molecule has 0 atom stereocenters. The second kappa shape index (κ2) is 5.99. The molecule has 120 valence electrons. The summed E-state index contributed by atoms with van der Waals surface area (Å²) in [5.74, 6) is 2.06. The predicted molar refractivity (Wildman–Crippen MR) is 84.3 cm³/mol. The molecular formula is C18H25NO3. The largest absolute Gasteiger partial charge is 0.493 e. The monoisotopic (exact) mass is 303 g/mol. The van der Waals surface area contributed by atoms with Crippen molar-refractivity contribution in [3.63, 3.8) is 0 Å². The van der Waals surface area contributed by atoms with Crippen LogP contribution < -0.4 is 4.74 Å². The number of ether oxygens (including phenoxy) is 1. The van der Waals surface area contributed by atoms with Crippen LogP contribution in [-0.4, -0.2) is 28.1 Å². The molecule has 22 heavy (non-hydrogen) atoms. The lowest BCUT2D eigenvalue weighted by atomic mass is 9.99. The Morgan fingerprint density at radius 3 is 2.68 bits per heavy atom. The maximum Gasteiger partial charge on any atom is 0.181 e.